The highest BCUT2D eigenvalue weighted by Gasteiger charge is 2.27. The van der Waals surface area contributed by atoms with E-state index in [0.717, 1.165) is 23.3 Å². The zero-order chi connectivity index (χ0) is 19.1. The molecule has 27 heavy (non-hydrogen) atoms. The summed E-state index contributed by atoms with van der Waals surface area (Å²) in [6.07, 6.45) is 2.32. The fourth-order valence-corrected chi connectivity index (χ4v) is 4.35. The number of benzene rings is 1. The Kier molecular flexibility index (Phi) is 4.55. The normalized spacial score (nSPS) is 13.9. The smallest absolute Gasteiger partial charge is 0.269 e. The maximum absolute atomic E-state index is 14.8. The highest BCUT2D eigenvalue weighted by Crippen LogP contribution is 2.41. The summed E-state index contributed by atoms with van der Waals surface area (Å²) in [4.78, 5) is 30.6. The molecule has 140 valence electrons. The first-order valence-electron chi connectivity index (χ1n) is 9.07. The predicted octanol–water partition coefficient (Wildman–Crippen LogP) is 3.42. The molecule has 1 saturated carbocycles. The number of amides is 1. The Morgan fingerprint density at radius 1 is 1.41 bits per heavy atom. The van der Waals surface area contributed by atoms with Crippen LogP contribution in [0.25, 0.3) is 4.96 Å². The molecule has 0 saturated heterocycles. The van der Waals surface area contributed by atoms with Crippen molar-refractivity contribution < 1.29 is 9.18 Å². The van der Waals surface area contributed by atoms with E-state index in [9.17, 15) is 14.0 Å². The molecule has 0 unspecified atom stereocenters. The Hall–Kier alpha value is -2.54. The van der Waals surface area contributed by atoms with Crippen LogP contribution in [-0.4, -0.2) is 21.8 Å². The van der Waals surface area contributed by atoms with Gasteiger partial charge in [0.1, 0.15) is 11.5 Å². The summed E-state index contributed by atoms with van der Waals surface area (Å²) in [5.41, 5.74) is 1.82. The average molecular weight is 385 g/mol. The van der Waals surface area contributed by atoms with E-state index in [2.05, 4.69) is 10.3 Å². The van der Waals surface area contributed by atoms with E-state index in [1.165, 1.54) is 21.8 Å². The van der Waals surface area contributed by atoms with Gasteiger partial charge in [-0.1, -0.05) is 18.2 Å². The molecule has 0 atom stereocenters. The minimum atomic E-state index is -0.320. The van der Waals surface area contributed by atoms with E-state index in [1.807, 2.05) is 19.1 Å². The third kappa shape index (κ3) is 3.27. The molecular formula is C20H20FN3O2S. The maximum Gasteiger partial charge on any atom is 0.269 e. The molecule has 1 aromatic carbocycles. The van der Waals surface area contributed by atoms with Crippen LogP contribution in [0.2, 0.25) is 0 Å². The predicted molar refractivity (Wildman–Crippen MR) is 103 cm³/mol. The molecule has 0 spiro atoms. The lowest BCUT2D eigenvalue weighted by molar-refractivity contribution is 0.0949. The van der Waals surface area contributed by atoms with Crippen LogP contribution < -0.4 is 10.9 Å². The van der Waals surface area contributed by atoms with Crippen LogP contribution in [0.15, 0.2) is 29.1 Å². The lowest BCUT2D eigenvalue weighted by atomic mass is 10.0. The van der Waals surface area contributed by atoms with Gasteiger partial charge >= 0.3 is 0 Å². The Bertz CT molecular complexity index is 1100. The van der Waals surface area contributed by atoms with Crippen LogP contribution >= 0.6 is 11.3 Å². The van der Waals surface area contributed by atoms with Gasteiger partial charge in [0.25, 0.3) is 11.5 Å². The number of hydrogen-bond acceptors (Lipinski definition) is 4. The SMILES string of the molecule is CCNC(=O)c1c(C)sc2nc(Cc3cccc(C4CC4)c3F)cc(=O)n12. The van der Waals surface area contributed by atoms with Gasteiger partial charge in [0.05, 0.1) is 5.69 Å². The second-order valence-electron chi connectivity index (χ2n) is 6.84. The number of aromatic nitrogens is 2. The third-order valence-electron chi connectivity index (χ3n) is 4.79. The highest BCUT2D eigenvalue weighted by molar-refractivity contribution is 7.17. The van der Waals surface area contributed by atoms with Crippen molar-refractivity contribution in [1.29, 1.82) is 0 Å². The topological polar surface area (TPSA) is 63.5 Å². The molecule has 4 rings (SSSR count). The lowest BCUT2D eigenvalue weighted by Gasteiger charge is -2.08. The lowest BCUT2D eigenvalue weighted by Crippen LogP contribution is -2.28. The van der Waals surface area contributed by atoms with E-state index in [-0.39, 0.29) is 23.7 Å². The van der Waals surface area contributed by atoms with Crippen molar-refractivity contribution in [2.24, 2.45) is 0 Å². The van der Waals surface area contributed by atoms with Gasteiger partial charge in [-0.25, -0.2) is 13.8 Å². The van der Waals surface area contributed by atoms with Crippen LogP contribution in [-0.2, 0) is 6.42 Å². The van der Waals surface area contributed by atoms with E-state index in [0.29, 0.717) is 34.4 Å². The molecule has 0 aliphatic heterocycles. The molecule has 1 aliphatic rings. The van der Waals surface area contributed by atoms with Gasteiger partial charge in [-0.3, -0.25) is 9.59 Å². The molecule has 7 heteroatoms. The zero-order valence-electron chi connectivity index (χ0n) is 15.2. The van der Waals surface area contributed by atoms with Crippen molar-refractivity contribution in [1.82, 2.24) is 14.7 Å². The number of hydrogen-bond donors (Lipinski definition) is 1. The zero-order valence-corrected chi connectivity index (χ0v) is 16.0. The fraction of sp³-hybridized carbons (Fsp3) is 0.350. The standard InChI is InChI=1S/C20H20FN3O2S/c1-3-22-19(26)18-11(2)27-20-23-14(10-16(25)24(18)20)9-13-5-4-6-15(17(13)21)12-7-8-12/h4-6,10,12H,3,7-9H2,1-2H3,(H,22,26). The van der Waals surface area contributed by atoms with Crippen LogP contribution in [0.5, 0.6) is 0 Å². The van der Waals surface area contributed by atoms with Crippen molar-refractivity contribution in [2.45, 2.75) is 39.0 Å². The first-order chi connectivity index (χ1) is 13.0. The number of carbonyl (C=O) groups excluding carboxylic acids is 1. The average Bonchev–Trinajstić information content (AvgIpc) is 3.39. The fourth-order valence-electron chi connectivity index (χ4n) is 3.36. The van der Waals surface area contributed by atoms with Crippen LogP contribution in [0, 0.1) is 12.7 Å². The second-order valence-corrected chi connectivity index (χ2v) is 8.02. The van der Waals surface area contributed by atoms with Crippen molar-refractivity contribution in [3.8, 4) is 0 Å². The van der Waals surface area contributed by atoms with E-state index in [4.69, 9.17) is 0 Å². The first kappa shape index (κ1) is 17.9. The van der Waals surface area contributed by atoms with E-state index < -0.39 is 0 Å². The summed E-state index contributed by atoms with van der Waals surface area (Å²) in [6.45, 7) is 4.10. The second kappa shape index (κ2) is 6.88. The van der Waals surface area contributed by atoms with Crippen LogP contribution in [0.1, 0.15) is 57.9 Å². The molecular weight excluding hydrogens is 365 g/mol. The highest BCUT2D eigenvalue weighted by atomic mass is 32.1. The van der Waals surface area contributed by atoms with Gasteiger partial charge < -0.3 is 5.32 Å². The summed E-state index contributed by atoms with van der Waals surface area (Å²) in [6, 6.07) is 6.83. The molecule has 1 aliphatic carbocycles. The third-order valence-corrected chi connectivity index (χ3v) is 5.75. The molecule has 2 aromatic heterocycles. The number of thiazole rings is 1. The van der Waals surface area contributed by atoms with E-state index in [1.54, 1.807) is 13.0 Å². The van der Waals surface area contributed by atoms with Crippen molar-refractivity contribution >= 4 is 22.2 Å². The number of rotatable bonds is 5. The van der Waals surface area contributed by atoms with E-state index >= 15 is 0 Å². The van der Waals surface area contributed by atoms with Gasteiger partial charge in [0.15, 0.2) is 4.96 Å². The van der Waals surface area contributed by atoms with Gasteiger partial charge in [-0.2, -0.15) is 0 Å². The summed E-state index contributed by atoms with van der Waals surface area (Å²) in [5, 5.41) is 2.72. The van der Waals surface area contributed by atoms with Gasteiger partial charge in [-0.05, 0) is 43.7 Å². The number of aryl methyl sites for hydroxylation is 1. The van der Waals surface area contributed by atoms with Crippen molar-refractivity contribution in [3.05, 3.63) is 67.8 Å². The first-order valence-corrected chi connectivity index (χ1v) is 9.88. The summed E-state index contributed by atoms with van der Waals surface area (Å²) in [5.74, 6) is -0.154. The quantitative estimate of drug-likeness (QED) is 0.732. The van der Waals surface area contributed by atoms with Crippen molar-refractivity contribution in [2.75, 3.05) is 6.54 Å². The minimum absolute atomic E-state index is 0.188. The number of nitrogens with zero attached hydrogens (tertiary/aromatic N) is 2. The summed E-state index contributed by atoms with van der Waals surface area (Å²) >= 11 is 1.29. The monoisotopic (exact) mass is 385 g/mol. The number of nitrogens with one attached hydrogen (secondary N) is 1. The number of halogens is 1. The molecule has 5 nitrogen and oxygen atoms in total. The molecule has 1 N–H and O–H groups in total. The Labute approximate surface area is 159 Å². The molecule has 2 heterocycles. The summed E-state index contributed by atoms with van der Waals surface area (Å²) in [7, 11) is 0. The molecule has 0 bridgehead atoms. The van der Waals surface area contributed by atoms with Crippen LogP contribution in [0.3, 0.4) is 0 Å². The summed E-state index contributed by atoms with van der Waals surface area (Å²) < 4.78 is 16.1. The number of carbonyl (C=O) groups is 1. The molecule has 0 radical (unpaired) electrons. The van der Waals surface area contributed by atoms with Crippen molar-refractivity contribution in [3.63, 3.8) is 0 Å². The minimum Gasteiger partial charge on any atom is -0.351 e. The Morgan fingerprint density at radius 3 is 2.89 bits per heavy atom. The van der Waals surface area contributed by atoms with Gasteiger partial charge in [0, 0.05) is 23.9 Å². The van der Waals surface area contributed by atoms with Gasteiger partial charge in [0.2, 0.25) is 0 Å². The largest absolute Gasteiger partial charge is 0.351 e. The molecule has 1 amide bonds. The maximum atomic E-state index is 14.8. The Balaban J connectivity index is 1.74. The van der Waals surface area contributed by atoms with Crippen LogP contribution in [0.4, 0.5) is 4.39 Å². The van der Waals surface area contributed by atoms with Gasteiger partial charge in [-0.15, -0.1) is 11.3 Å². The number of fused-ring (bicyclic) bond motifs is 1. The molecule has 1 fully saturated rings. The Morgan fingerprint density at radius 2 is 2.19 bits per heavy atom. The molecule has 3 aromatic rings.